The fraction of sp³-hybridized carbons (Fsp3) is 0.0952. The maximum absolute atomic E-state index is 13.7. The number of rotatable bonds is 7. The number of sulfonamides is 1. The van der Waals surface area contributed by atoms with Crippen LogP contribution in [0.3, 0.4) is 0 Å². The lowest BCUT2D eigenvalue weighted by molar-refractivity contribution is 0.0951. The molecule has 0 spiro atoms. The number of ether oxygens (including phenoxy) is 1. The van der Waals surface area contributed by atoms with Crippen molar-refractivity contribution in [2.75, 3.05) is 11.8 Å². The lowest BCUT2D eigenvalue weighted by atomic mass is 10.2. The maximum atomic E-state index is 13.7. The summed E-state index contributed by atoms with van der Waals surface area (Å²) in [7, 11) is -2.40. The van der Waals surface area contributed by atoms with Gasteiger partial charge in [0.1, 0.15) is 11.6 Å². The summed E-state index contributed by atoms with van der Waals surface area (Å²) in [4.78, 5) is 12.2. The van der Waals surface area contributed by atoms with Gasteiger partial charge in [-0.2, -0.15) is 0 Å². The standard InChI is InChI=1S/C21H19FN2O4S/c1-28-17-10-6-15(7-11-17)14-23-21(25)16-8-12-18(13-9-16)29(26,27)24-20-5-3-2-4-19(20)22/h2-13,24H,14H2,1H3,(H,23,25). The largest absolute Gasteiger partial charge is 0.497 e. The van der Waals surface area contributed by atoms with Gasteiger partial charge in [0.25, 0.3) is 15.9 Å². The lowest BCUT2D eigenvalue weighted by Gasteiger charge is -2.10. The first-order chi connectivity index (χ1) is 13.9. The predicted molar refractivity (Wildman–Crippen MR) is 108 cm³/mol. The van der Waals surface area contributed by atoms with E-state index >= 15 is 0 Å². The number of carbonyl (C=O) groups is 1. The van der Waals surface area contributed by atoms with Crippen LogP contribution < -0.4 is 14.8 Å². The summed E-state index contributed by atoms with van der Waals surface area (Å²) in [6, 6.07) is 18.1. The molecule has 0 heterocycles. The van der Waals surface area contributed by atoms with Gasteiger partial charge in [0.05, 0.1) is 17.7 Å². The molecule has 29 heavy (non-hydrogen) atoms. The minimum Gasteiger partial charge on any atom is -0.497 e. The Labute approximate surface area is 168 Å². The molecule has 0 fully saturated rings. The van der Waals surface area contributed by atoms with Crippen LogP contribution in [0.4, 0.5) is 10.1 Å². The van der Waals surface area contributed by atoms with Crippen LogP contribution >= 0.6 is 0 Å². The quantitative estimate of drug-likeness (QED) is 0.619. The summed E-state index contributed by atoms with van der Waals surface area (Å²) in [5, 5.41) is 2.76. The van der Waals surface area contributed by atoms with Gasteiger partial charge in [0, 0.05) is 12.1 Å². The van der Waals surface area contributed by atoms with Crippen molar-refractivity contribution in [2.24, 2.45) is 0 Å². The number of amides is 1. The summed E-state index contributed by atoms with van der Waals surface area (Å²) in [5.74, 6) is -0.293. The molecule has 150 valence electrons. The van der Waals surface area contributed by atoms with Gasteiger partial charge in [0.15, 0.2) is 0 Å². The molecule has 2 N–H and O–H groups in total. The molecule has 0 aliphatic heterocycles. The Hall–Kier alpha value is -3.39. The van der Waals surface area contributed by atoms with Crippen molar-refractivity contribution in [2.45, 2.75) is 11.4 Å². The zero-order valence-corrected chi connectivity index (χ0v) is 16.4. The Balaban J connectivity index is 1.65. The van der Waals surface area contributed by atoms with E-state index in [9.17, 15) is 17.6 Å². The number of anilines is 1. The molecule has 0 aromatic heterocycles. The number of hydrogen-bond donors (Lipinski definition) is 2. The van der Waals surface area contributed by atoms with Crippen molar-refractivity contribution in [3.63, 3.8) is 0 Å². The highest BCUT2D eigenvalue weighted by molar-refractivity contribution is 7.92. The first-order valence-corrected chi connectivity index (χ1v) is 10.2. The predicted octanol–water partition coefficient (Wildman–Crippen LogP) is 3.57. The zero-order valence-electron chi connectivity index (χ0n) is 15.6. The first kappa shape index (κ1) is 20.3. The number of carbonyl (C=O) groups excluding carboxylic acids is 1. The van der Waals surface area contributed by atoms with Crippen LogP contribution in [0.5, 0.6) is 5.75 Å². The van der Waals surface area contributed by atoms with Gasteiger partial charge in [-0.1, -0.05) is 24.3 Å². The monoisotopic (exact) mass is 414 g/mol. The molecule has 0 atom stereocenters. The van der Waals surface area contributed by atoms with Crippen LogP contribution in [0.25, 0.3) is 0 Å². The van der Waals surface area contributed by atoms with Crippen LogP contribution in [0.15, 0.2) is 77.7 Å². The van der Waals surface area contributed by atoms with Crippen molar-refractivity contribution in [1.82, 2.24) is 5.32 Å². The number of nitrogens with one attached hydrogen (secondary N) is 2. The van der Waals surface area contributed by atoms with Crippen LogP contribution in [0, 0.1) is 5.82 Å². The Morgan fingerprint density at radius 2 is 1.62 bits per heavy atom. The van der Waals surface area contributed by atoms with Crippen LogP contribution in [-0.4, -0.2) is 21.4 Å². The number of hydrogen-bond acceptors (Lipinski definition) is 4. The highest BCUT2D eigenvalue weighted by atomic mass is 32.2. The van der Waals surface area contributed by atoms with E-state index in [0.717, 1.165) is 17.4 Å². The topological polar surface area (TPSA) is 84.5 Å². The van der Waals surface area contributed by atoms with E-state index in [4.69, 9.17) is 4.74 Å². The van der Waals surface area contributed by atoms with Gasteiger partial charge < -0.3 is 10.1 Å². The number of halogens is 1. The van der Waals surface area contributed by atoms with E-state index < -0.39 is 15.8 Å². The molecule has 0 unspecified atom stereocenters. The molecule has 0 radical (unpaired) electrons. The normalized spacial score (nSPS) is 11.0. The van der Waals surface area contributed by atoms with E-state index in [-0.39, 0.29) is 16.5 Å². The van der Waals surface area contributed by atoms with E-state index in [1.807, 2.05) is 12.1 Å². The van der Waals surface area contributed by atoms with Crippen molar-refractivity contribution < 1.29 is 22.3 Å². The van der Waals surface area contributed by atoms with E-state index in [2.05, 4.69) is 10.0 Å². The van der Waals surface area contributed by atoms with Gasteiger partial charge in [0.2, 0.25) is 0 Å². The molecule has 3 aromatic rings. The highest BCUT2D eigenvalue weighted by Crippen LogP contribution is 2.19. The minimum absolute atomic E-state index is 0.0764. The van der Waals surface area contributed by atoms with Crippen molar-refractivity contribution in [3.05, 3.63) is 89.7 Å². The molecule has 3 aromatic carbocycles. The summed E-state index contributed by atoms with van der Waals surface area (Å²) in [6.07, 6.45) is 0. The second-order valence-corrected chi connectivity index (χ2v) is 7.82. The Kier molecular flexibility index (Phi) is 6.13. The minimum atomic E-state index is -3.97. The molecule has 0 saturated heterocycles. The van der Waals surface area contributed by atoms with E-state index in [1.54, 1.807) is 19.2 Å². The van der Waals surface area contributed by atoms with Crippen LogP contribution in [0.2, 0.25) is 0 Å². The fourth-order valence-corrected chi connectivity index (χ4v) is 3.63. The second kappa shape index (κ2) is 8.74. The summed E-state index contributed by atoms with van der Waals surface area (Å²) < 4.78 is 45.8. The average molecular weight is 414 g/mol. The Morgan fingerprint density at radius 3 is 2.24 bits per heavy atom. The number of methoxy groups -OCH3 is 1. The molecule has 8 heteroatoms. The van der Waals surface area contributed by atoms with Crippen LogP contribution in [-0.2, 0) is 16.6 Å². The first-order valence-electron chi connectivity index (χ1n) is 8.67. The van der Waals surface area contributed by atoms with Crippen molar-refractivity contribution in [3.8, 4) is 5.75 Å². The number of para-hydroxylation sites is 1. The van der Waals surface area contributed by atoms with Crippen molar-refractivity contribution in [1.29, 1.82) is 0 Å². The second-order valence-electron chi connectivity index (χ2n) is 6.14. The molecule has 3 rings (SSSR count). The van der Waals surface area contributed by atoms with Crippen LogP contribution in [0.1, 0.15) is 15.9 Å². The third-order valence-electron chi connectivity index (χ3n) is 4.16. The number of benzene rings is 3. The smallest absolute Gasteiger partial charge is 0.261 e. The molecular weight excluding hydrogens is 395 g/mol. The maximum Gasteiger partial charge on any atom is 0.261 e. The molecule has 0 bridgehead atoms. The average Bonchev–Trinajstić information content (AvgIpc) is 2.74. The van der Waals surface area contributed by atoms with Gasteiger partial charge in [-0.25, -0.2) is 12.8 Å². The third-order valence-corrected chi connectivity index (χ3v) is 5.54. The fourth-order valence-electron chi connectivity index (χ4n) is 2.56. The molecule has 0 aliphatic rings. The summed E-state index contributed by atoms with van der Waals surface area (Å²) in [5.41, 5.74) is 1.06. The van der Waals surface area contributed by atoms with Gasteiger partial charge in [-0.15, -0.1) is 0 Å². The highest BCUT2D eigenvalue weighted by Gasteiger charge is 2.17. The van der Waals surface area contributed by atoms with E-state index in [0.29, 0.717) is 12.1 Å². The Morgan fingerprint density at radius 1 is 0.966 bits per heavy atom. The Bertz CT molecular complexity index is 1100. The molecule has 0 aliphatic carbocycles. The van der Waals surface area contributed by atoms with Gasteiger partial charge >= 0.3 is 0 Å². The lowest BCUT2D eigenvalue weighted by Crippen LogP contribution is -2.23. The molecule has 1 amide bonds. The summed E-state index contributed by atoms with van der Waals surface area (Å²) in [6.45, 7) is 0.317. The van der Waals surface area contributed by atoms with Gasteiger partial charge in [-0.05, 0) is 54.1 Å². The van der Waals surface area contributed by atoms with E-state index in [1.165, 1.54) is 42.5 Å². The molecule has 6 nitrogen and oxygen atoms in total. The SMILES string of the molecule is COc1ccc(CNC(=O)c2ccc(S(=O)(=O)Nc3ccccc3F)cc2)cc1. The zero-order chi connectivity index (χ0) is 20.9. The third kappa shape index (κ3) is 5.11. The molecule has 0 saturated carbocycles. The van der Waals surface area contributed by atoms with Crippen molar-refractivity contribution >= 4 is 21.6 Å². The molecular formula is C21H19FN2O4S. The summed E-state index contributed by atoms with van der Waals surface area (Å²) >= 11 is 0. The van der Waals surface area contributed by atoms with Gasteiger partial charge in [-0.3, -0.25) is 9.52 Å².